The van der Waals surface area contributed by atoms with Crippen LogP contribution in [0.25, 0.3) is 17.0 Å². The van der Waals surface area contributed by atoms with Crippen molar-refractivity contribution in [2.75, 3.05) is 57.0 Å². The zero-order chi connectivity index (χ0) is 29.3. The number of halogens is 1. The van der Waals surface area contributed by atoms with E-state index >= 15 is 0 Å². The van der Waals surface area contributed by atoms with Crippen LogP contribution in [0.2, 0.25) is 0 Å². The van der Waals surface area contributed by atoms with Gasteiger partial charge in [-0.15, -0.1) is 0 Å². The Morgan fingerprint density at radius 3 is 2.50 bits per heavy atom. The number of nitrogens with one attached hydrogen (secondary N) is 1. The number of ether oxygens (including phenoxy) is 3. The maximum atomic E-state index is 13.6. The molecule has 11 nitrogen and oxygen atoms in total. The summed E-state index contributed by atoms with van der Waals surface area (Å²) >= 11 is 3.58. The van der Waals surface area contributed by atoms with E-state index in [-0.39, 0.29) is 17.6 Å². The molecule has 0 radical (unpaired) electrons. The molecule has 12 heteroatoms. The Labute approximate surface area is 240 Å². The number of H-pyrrole nitrogens is 1. The molecule has 0 bridgehead atoms. The average molecular weight is 614 g/mol. The Morgan fingerprint density at radius 1 is 1.18 bits per heavy atom. The van der Waals surface area contributed by atoms with Gasteiger partial charge in [0.15, 0.2) is 5.75 Å². The van der Waals surface area contributed by atoms with Gasteiger partial charge >= 0.3 is 12.1 Å². The van der Waals surface area contributed by atoms with Gasteiger partial charge in [0.05, 0.1) is 36.7 Å². The number of alkyl halides is 1. The highest BCUT2D eigenvalue weighted by Crippen LogP contribution is 2.47. The van der Waals surface area contributed by atoms with E-state index < -0.39 is 12.1 Å². The molecule has 3 aromatic rings. The van der Waals surface area contributed by atoms with Gasteiger partial charge in [-0.3, -0.25) is 4.79 Å². The van der Waals surface area contributed by atoms with Gasteiger partial charge in [-0.25, -0.2) is 20.4 Å². The topological polar surface area (TPSA) is 130 Å². The number of methoxy groups -OCH3 is 2. The molecule has 3 N–H and O–H groups in total. The normalized spacial score (nSPS) is 14.4. The van der Waals surface area contributed by atoms with Gasteiger partial charge in [0.2, 0.25) is 0 Å². The van der Waals surface area contributed by atoms with E-state index in [0.29, 0.717) is 39.7 Å². The Kier molecular flexibility index (Phi) is 8.40. The van der Waals surface area contributed by atoms with Crippen molar-refractivity contribution in [1.82, 2.24) is 9.99 Å². The van der Waals surface area contributed by atoms with Crippen molar-refractivity contribution >= 4 is 62.3 Å². The van der Waals surface area contributed by atoms with Crippen LogP contribution >= 0.6 is 15.9 Å². The number of carbonyl (C=O) groups excluding carboxylic acids is 3. The van der Waals surface area contributed by atoms with Crippen LogP contribution in [-0.4, -0.2) is 75.2 Å². The number of rotatable bonds is 7. The van der Waals surface area contributed by atoms with Crippen molar-refractivity contribution < 1.29 is 28.6 Å². The smallest absolute Gasteiger partial charge is 0.429 e. The number of amides is 2. The third kappa shape index (κ3) is 5.24. The molecule has 1 aliphatic heterocycles. The molecule has 0 saturated heterocycles. The number of anilines is 2. The number of nitrogens with two attached hydrogens (primary N) is 1. The predicted molar refractivity (Wildman–Crippen MR) is 158 cm³/mol. The Balaban J connectivity index is 1.83. The van der Waals surface area contributed by atoms with Crippen LogP contribution in [0, 0.1) is 6.92 Å². The summed E-state index contributed by atoms with van der Waals surface area (Å²) in [7, 11) is 8.10. The number of esters is 1. The van der Waals surface area contributed by atoms with Gasteiger partial charge in [0.25, 0.3) is 5.91 Å². The summed E-state index contributed by atoms with van der Waals surface area (Å²) < 4.78 is 16.1. The molecule has 0 unspecified atom stereocenters. The third-order valence-corrected chi connectivity index (χ3v) is 7.56. The fraction of sp³-hybridized carbons (Fsp3) is 0.321. The number of nitrogens with zero attached hydrogens (tertiary/aromatic N) is 3. The maximum Gasteiger partial charge on any atom is 0.429 e. The first-order chi connectivity index (χ1) is 19.0. The maximum absolute atomic E-state index is 13.6. The molecule has 4 rings (SSSR count). The Hall–Kier alpha value is -4.03. The van der Waals surface area contributed by atoms with Crippen LogP contribution in [0.5, 0.6) is 11.5 Å². The van der Waals surface area contributed by atoms with Crippen LogP contribution in [0.1, 0.15) is 33.1 Å². The van der Waals surface area contributed by atoms with Gasteiger partial charge in [-0.2, -0.15) is 0 Å². The van der Waals surface area contributed by atoms with E-state index in [1.54, 1.807) is 31.1 Å². The third-order valence-electron chi connectivity index (χ3n) is 6.78. The molecular formula is C28H32BrN5O6. The van der Waals surface area contributed by atoms with Crippen molar-refractivity contribution in [3.63, 3.8) is 0 Å². The van der Waals surface area contributed by atoms with Crippen LogP contribution in [0.4, 0.5) is 16.2 Å². The second-order valence-electron chi connectivity index (χ2n) is 9.61. The monoisotopic (exact) mass is 613 g/mol. The second kappa shape index (κ2) is 11.6. The van der Waals surface area contributed by atoms with Crippen molar-refractivity contribution in [2.24, 2.45) is 5.84 Å². The molecule has 0 spiro atoms. The second-order valence-corrected chi connectivity index (χ2v) is 10.3. The zero-order valence-corrected chi connectivity index (χ0v) is 24.8. The van der Waals surface area contributed by atoms with Crippen molar-refractivity contribution in [3.8, 4) is 11.5 Å². The Morgan fingerprint density at radius 2 is 1.90 bits per heavy atom. The van der Waals surface area contributed by atoms with Gasteiger partial charge in [-0.05, 0) is 36.3 Å². The molecule has 2 amide bonds. The van der Waals surface area contributed by atoms with Gasteiger partial charge in [0, 0.05) is 62.2 Å². The lowest BCUT2D eigenvalue weighted by atomic mass is 9.95. The summed E-state index contributed by atoms with van der Waals surface area (Å²) in [4.78, 5) is 45.6. The summed E-state index contributed by atoms with van der Waals surface area (Å²) in [5.74, 6) is 5.49. The van der Waals surface area contributed by atoms with E-state index in [1.807, 2.05) is 37.2 Å². The van der Waals surface area contributed by atoms with Gasteiger partial charge < -0.3 is 29.0 Å². The summed E-state index contributed by atoms with van der Waals surface area (Å²) in [5.41, 5.74) is 4.30. The number of fused-ring (bicyclic) bond motifs is 3. The first-order valence-corrected chi connectivity index (χ1v) is 13.5. The minimum Gasteiger partial charge on any atom is -0.495 e. The average Bonchev–Trinajstić information content (AvgIpc) is 3.48. The standard InChI is InChI=1S/C28H32BrN5O6/c1-15-23(27(36)39-6)25-24-17(13-29)14-34(19(24)12-21(26(25)31-15)40-28(37)33(4)30)22(35)10-8-16-7-9-20(38-5)18(11-16)32(2)3/h7-12,17,31H,13-14,30H2,1-6H3/b10-8+/t17-/m1/s1. The van der Waals surface area contributed by atoms with Crippen LogP contribution < -0.4 is 25.1 Å². The molecule has 0 saturated carbocycles. The lowest BCUT2D eigenvalue weighted by Gasteiger charge is -2.18. The summed E-state index contributed by atoms with van der Waals surface area (Å²) in [6, 6.07) is 7.27. The van der Waals surface area contributed by atoms with Crippen LogP contribution in [-0.2, 0) is 9.53 Å². The summed E-state index contributed by atoms with van der Waals surface area (Å²) in [6.45, 7) is 2.09. The molecule has 40 heavy (non-hydrogen) atoms. The number of carbonyl (C=O) groups is 3. The first-order valence-electron chi connectivity index (χ1n) is 12.4. The van der Waals surface area contributed by atoms with Gasteiger partial charge in [0.1, 0.15) is 5.75 Å². The van der Waals surface area contributed by atoms with E-state index in [4.69, 9.17) is 20.1 Å². The fourth-order valence-corrected chi connectivity index (χ4v) is 5.41. The summed E-state index contributed by atoms with van der Waals surface area (Å²) in [6.07, 6.45) is 2.42. The van der Waals surface area contributed by atoms with E-state index in [1.165, 1.54) is 20.2 Å². The minimum absolute atomic E-state index is 0.136. The highest BCUT2D eigenvalue weighted by Gasteiger charge is 2.37. The molecule has 212 valence electrons. The number of hydrazine groups is 1. The molecule has 0 aliphatic carbocycles. The lowest BCUT2D eigenvalue weighted by molar-refractivity contribution is -0.114. The number of aromatic nitrogens is 1. The number of aryl methyl sites for hydroxylation is 1. The number of aromatic amines is 1. The zero-order valence-electron chi connectivity index (χ0n) is 23.2. The van der Waals surface area contributed by atoms with Gasteiger partial charge in [-0.1, -0.05) is 22.0 Å². The molecule has 1 aromatic heterocycles. The SMILES string of the molecule is COC(=O)c1c(C)[nH]c2c(OC(=O)N(C)N)cc3c(c12)[C@H](CBr)CN3C(=O)/C=C/c1ccc(OC)c(N(C)C)c1. The van der Waals surface area contributed by atoms with E-state index in [2.05, 4.69) is 20.9 Å². The fourth-order valence-electron chi connectivity index (χ4n) is 4.88. The number of hydrogen-bond acceptors (Lipinski definition) is 8. The molecule has 2 aromatic carbocycles. The van der Waals surface area contributed by atoms with E-state index in [9.17, 15) is 14.4 Å². The molecule has 2 heterocycles. The Bertz CT molecular complexity index is 1510. The van der Waals surface area contributed by atoms with Crippen molar-refractivity contribution in [2.45, 2.75) is 12.8 Å². The van der Waals surface area contributed by atoms with Crippen LogP contribution in [0.15, 0.2) is 30.3 Å². The van der Waals surface area contributed by atoms with Crippen LogP contribution in [0.3, 0.4) is 0 Å². The largest absolute Gasteiger partial charge is 0.495 e. The number of hydrogen-bond donors (Lipinski definition) is 2. The molecular weight excluding hydrogens is 582 g/mol. The highest BCUT2D eigenvalue weighted by atomic mass is 79.9. The minimum atomic E-state index is -0.808. The molecule has 1 aliphatic rings. The summed E-state index contributed by atoms with van der Waals surface area (Å²) in [5, 5.41) is 1.88. The van der Waals surface area contributed by atoms with Crippen molar-refractivity contribution in [1.29, 1.82) is 0 Å². The van der Waals surface area contributed by atoms with Crippen molar-refractivity contribution in [3.05, 3.63) is 52.7 Å². The number of benzene rings is 2. The molecule has 0 fully saturated rings. The van der Waals surface area contributed by atoms with E-state index in [0.717, 1.165) is 27.6 Å². The predicted octanol–water partition coefficient (Wildman–Crippen LogP) is 4.18. The first kappa shape index (κ1) is 29.0. The quantitative estimate of drug-likeness (QED) is 0.101. The highest BCUT2D eigenvalue weighted by molar-refractivity contribution is 9.09. The lowest BCUT2D eigenvalue weighted by Crippen LogP contribution is -2.35. The molecule has 1 atom stereocenters.